The molecule has 0 saturated carbocycles. The summed E-state index contributed by atoms with van der Waals surface area (Å²) in [5.74, 6) is -0.950. The number of amides is 1. The van der Waals surface area contributed by atoms with Gasteiger partial charge in [0.2, 0.25) is 5.91 Å². The fourth-order valence-electron chi connectivity index (χ4n) is 2.38. The lowest BCUT2D eigenvalue weighted by molar-refractivity contribution is -0.151. The first-order valence-electron chi connectivity index (χ1n) is 6.38. The van der Waals surface area contributed by atoms with Crippen LogP contribution in [0.25, 0.3) is 0 Å². The molecule has 1 aliphatic rings. The van der Waals surface area contributed by atoms with Gasteiger partial charge >= 0.3 is 5.97 Å². The van der Waals surface area contributed by atoms with Crippen LogP contribution in [-0.2, 0) is 16.0 Å². The third kappa shape index (κ3) is 3.24. The highest BCUT2D eigenvalue weighted by atomic mass is 16.4. The number of piperidine rings is 1. The number of rotatable bonds is 3. The number of benzene rings is 1. The van der Waals surface area contributed by atoms with Crippen LogP contribution in [0.3, 0.4) is 0 Å². The van der Waals surface area contributed by atoms with Crippen molar-refractivity contribution >= 4 is 11.9 Å². The number of carboxylic acid groups (broad SMARTS) is 1. The van der Waals surface area contributed by atoms with Gasteiger partial charge in [0.1, 0.15) is 11.8 Å². The Kier molecular flexibility index (Phi) is 4.04. The van der Waals surface area contributed by atoms with Crippen molar-refractivity contribution in [3.05, 3.63) is 29.8 Å². The maximum absolute atomic E-state index is 12.2. The fourth-order valence-corrected chi connectivity index (χ4v) is 2.38. The van der Waals surface area contributed by atoms with Gasteiger partial charge in [-0.1, -0.05) is 12.1 Å². The number of phenolic OH excluding ortho intramolecular Hbond substituents is 1. The first kappa shape index (κ1) is 13.4. The summed E-state index contributed by atoms with van der Waals surface area (Å²) in [6, 6.07) is 5.69. The zero-order chi connectivity index (χ0) is 13.8. The Balaban J connectivity index is 2.05. The maximum Gasteiger partial charge on any atom is 0.326 e. The number of phenols is 1. The standard InChI is InChI=1S/C14H17NO4/c16-11-6-4-10(5-7-11)9-13(17)15-8-2-1-3-12(15)14(18)19/h4-7,12,16H,1-3,8-9H2,(H,18,19)/t12-/m1/s1. The summed E-state index contributed by atoms with van der Waals surface area (Å²) in [5, 5.41) is 18.3. The normalized spacial score (nSPS) is 19.2. The van der Waals surface area contributed by atoms with Crippen molar-refractivity contribution in [1.29, 1.82) is 0 Å². The van der Waals surface area contributed by atoms with Crippen molar-refractivity contribution < 1.29 is 19.8 Å². The Bertz CT molecular complexity index is 469. The molecule has 1 saturated heterocycles. The molecule has 2 N–H and O–H groups in total. The molecule has 1 aromatic rings. The van der Waals surface area contributed by atoms with Gasteiger partial charge in [0.05, 0.1) is 6.42 Å². The van der Waals surface area contributed by atoms with Crippen LogP contribution in [0, 0.1) is 0 Å². The minimum absolute atomic E-state index is 0.151. The fraction of sp³-hybridized carbons (Fsp3) is 0.429. The zero-order valence-electron chi connectivity index (χ0n) is 10.6. The van der Waals surface area contributed by atoms with Crippen LogP contribution >= 0.6 is 0 Å². The van der Waals surface area contributed by atoms with Gasteiger partial charge in [0.25, 0.3) is 0 Å². The Morgan fingerprint density at radius 2 is 1.89 bits per heavy atom. The van der Waals surface area contributed by atoms with E-state index < -0.39 is 12.0 Å². The van der Waals surface area contributed by atoms with Crippen molar-refractivity contribution in [2.24, 2.45) is 0 Å². The van der Waals surface area contributed by atoms with Gasteiger partial charge in [-0.2, -0.15) is 0 Å². The van der Waals surface area contributed by atoms with Crippen molar-refractivity contribution in [3.8, 4) is 5.75 Å². The van der Waals surface area contributed by atoms with Crippen LogP contribution in [0.1, 0.15) is 24.8 Å². The molecule has 1 atom stereocenters. The lowest BCUT2D eigenvalue weighted by atomic mass is 10.0. The van der Waals surface area contributed by atoms with Gasteiger partial charge < -0.3 is 15.1 Å². The van der Waals surface area contributed by atoms with E-state index >= 15 is 0 Å². The predicted octanol–water partition coefficient (Wildman–Crippen LogP) is 1.40. The summed E-state index contributed by atoms with van der Waals surface area (Å²) in [6.45, 7) is 0.508. The summed E-state index contributed by atoms with van der Waals surface area (Å²) >= 11 is 0. The molecular formula is C14H17NO4. The van der Waals surface area contributed by atoms with E-state index in [0.717, 1.165) is 18.4 Å². The van der Waals surface area contributed by atoms with Crippen LogP contribution in [0.5, 0.6) is 5.75 Å². The molecule has 1 heterocycles. The molecule has 1 amide bonds. The van der Waals surface area contributed by atoms with Crippen LogP contribution in [-0.4, -0.2) is 39.6 Å². The van der Waals surface area contributed by atoms with Gasteiger partial charge in [-0.05, 0) is 37.0 Å². The molecule has 0 bridgehead atoms. The highest BCUT2D eigenvalue weighted by Gasteiger charge is 2.31. The first-order valence-corrected chi connectivity index (χ1v) is 6.38. The summed E-state index contributed by atoms with van der Waals surface area (Å²) < 4.78 is 0. The Hall–Kier alpha value is -2.04. The third-order valence-corrected chi connectivity index (χ3v) is 3.40. The number of hydrogen-bond acceptors (Lipinski definition) is 3. The third-order valence-electron chi connectivity index (χ3n) is 3.40. The number of nitrogens with zero attached hydrogens (tertiary/aromatic N) is 1. The van der Waals surface area contributed by atoms with E-state index in [1.54, 1.807) is 12.1 Å². The molecule has 0 radical (unpaired) electrons. The van der Waals surface area contributed by atoms with E-state index in [-0.39, 0.29) is 18.1 Å². The average Bonchev–Trinajstić information content (AvgIpc) is 2.41. The molecule has 102 valence electrons. The quantitative estimate of drug-likeness (QED) is 0.864. The number of aliphatic carboxylic acids is 1. The van der Waals surface area contributed by atoms with Crippen LogP contribution in [0.4, 0.5) is 0 Å². The topological polar surface area (TPSA) is 77.8 Å². The van der Waals surface area contributed by atoms with E-state index in [4.69, 9.17) is 5.11 Å². The second-order valence-electron chi connectivity index (χ2n) is 4.78. The highest BCUT2D eigenvalue weighted by Crippen LogP contribution is 2.19. The highest BCUT2D eigenvalue weighted by molar-refractivity contribution is 5.85. The number of carboxylic acids is 1. The molecule has 1 aliphatic heterocycles. The van der Waals surface area contributed by atoms with Crippen molar-refractivity contribution in [3.63, 3.8) is 0 Å². The number of carbonyl (C=O) groups excluding carboxylic acids is 1. The van der Waals surface area contributed by atoms with E-state index in [1.165, 1.54) is 17.0 Å². The number of hydrogen-bond donors (Lipinski definition) is 2. The summed E-state index contributed by atoms with van der Waals surface area (Å²) in [7, 11) is 0. The molecule has 19 heavy (non-hydrogen) atoms. The molecule has 5 nitrogen and oxygen atoms in total. The van der Waals surface area contributed by atoms with E-state index in [1.807, 2.05) is 0 Å². The van der Waals surface area contributed by atoms with Crippen molar-refractivity contribution in [2.75, 3.05) is 6.54 Å². The Labute approximate surface area is 111 Å². The number of aromatic hydroxyl groups is 1. The number of carbonyl (C=O) groups is 2. The monoisotopic (exact) mass is 263 g/mol. The lowest BCUT2D eigenvalue weighted by Gasteiger charge is -2.33. The molecule has 0 unspecified atom stereocenters. The van der Waals surface area contributed by atoms with E-state index in [0.29, 0.717) is 13.0 Å². The second kappa shape index (κ2) is 5.73. The lowest BCUT2D eigenvalue weighted by Crippen LogP contribution is -2.48. The summed E-state index contributed by atoms with van der Waals surface area (Å²) in [5.41, 5.74) is 0.775. The molecule has 0 spiro atoms. The summed E-state index contributed by atoms with van der Waals surface area (Å²) in [4.78, 5) is 24.8. The molecule has 1 fully saturated rings. The predicted molar refractivity (Wildman–Crippen MR) is 68.8 cm³/mol. The molecule has 1 aromatic carbocycles. The molecule has 0 aromatic heterocycles. The van der Waals surface area contributed by atoms with Gasteiger partial charge in [-0.3, -0.25) is 4.79 Å². The second-order valence-corrected chi connectivity index (χ2v) is 4.78. The van der Waals surface area contributed by atoms with Gasteiger partial charge in [-0.25, -0.2) is 4.79 Å². The van der Waals surface area contributed by atoms with E-state index in [9.17, 15) is 14.7 Å². The average molecular weight is 263 g/mol. The minimum Gasteiger partial charge on any atom is -0.508 e. The van der Waals surface area contributed by atoms with Crippen molar-refractivity contribution in [1.82, 2.24) is 4.90 Å². The molecular weight excluding hydrogens is 246 g/mol. The van der Waals surface area contributed by atoms with Crippen LogP contribution < -0.4 is 0 Å². The Morgan fingerprint density at radius 1 is 1.21 bits per heavy atom. The number of likely N-dealkylation sites (tertiary alicyclic amines) is 1. The SMILES string of the molecule is O=C(O)[C@H]1CCCCN1C(=O)Cc1ccc(O)cc1. The van der Waals surface area contributed by atoms with E-state index in [2.05, 4.69) is 0 Å². The Morgan fingerprint density at radius 3 is 2.53 bits per heavy atom. The maximum atomic E-state index is 12.2. The van der Waals surface area contributed by atoms with Gasteiger partial charge in [0, 0.05) is 6.54 Å². The minimum atomic E-state index is -0.932. The first-order chi connectivity index (χ1) is 9.08. The largest absolute Gasteiger partial charge is 0.508 e. The summed E-state index contributed by atoms with van der Waals surface area (Å²) in [6.07, 6.45) is 2.39. The van der Waals surface area contributed by atoms with Crippen LogP contribution in [0.2, 0.25) is 0 Å². The molecule has 5 heteroatoms. The van der Waals surface area contributed by atoms with Crippen LogP contribution in [0.15, 0.2) is 24.3 Å². The van der Waals surface area contributed by atoms with Gasteiger partial charge in [0.15, 0.2) is 0 Å². The van der Waals surface area contributed by atoms with Crippen molar-refractivity contribution in [2.45, 2.75) is 31.7 Å². The smallest absolute Gasteiger partial charge is 0.326 e. The zero-order valence-corrected chi connectivity index (χ0v) is 10.6. The molecule has 0 aliphatic carbocycles. The van der Waals surface area contributed by atoms with Gasteiger partial charge in [-0.15, -0.1) is 0 Å². The molecule has 2 rings (SSSR count).